The summed E-state index contributed by atoms with van der Waals surface area (Å²) in [6.45, 7) is 1.11. The quantitative estimate of drug-likeness (QED) is 0.208. The summed E-state index contributed by atoms with van der Waals surface area (Å²) in [4.78, 5) is 21.8. The zero-order valence-electron chi connectivity index (χ0n) is 22.6. The number of aliphatic imine (C=N–C) groups is 1. The summed E-state index contributed by atoms with van der Waals surface area (Å²) in [7, 11) is 1.81. The Hall–Kier alpha value is -4.94. The second kappa shape index (κ2) is 11.9. The van der Waals surface area contributed by atoms with Crippen LogP contribution in [0.4, 0.5) is 8.78 Å². The highest BCUT2D eigenvalue weighted by Crippen LogP contribution is 2.39. The van der Waals surface area contributed by atoms with Crippen molar-refractivity contribution in [3.05, 3.63) is 65.4 Å². The molecule has 2 atom stereocenters. The molecular weight excluding hydrogens is 552 g/mol. The summed E-state index contributed by atoms with van der Waals surface area (Å²) in [5, 5.41) is 27.3. The van der Waals surface area contributed by atoms with Crippen LogP contribution in [0.2, 0.25) is 0 Å². The molecule has 5 N–H and O–H groups in total. The number of aliphatic carboxylic acids is 1. The number of phenolic OH excluding ortho intramolecular Hbond substituents is 1. The van der Waals surface area contributed by atoms with Gasteiger partial charge in [-0.15, -0.1) is 0 Å². The molecule has 5 rings (SSSR count). The number of amidine groups is 2. The predicted octanol–water partition coefficient (Wildman–Crippen LogP) is 4.65. The molecule has 42 heavy (non-hydrogen) atoms. The standard InChI is InChI=1S/C29H29F2N5O6/c1-36-11-10-34-27(36)18-13-16(40-21-5-3-2-4-17(21)29(38)39)7-9-22(18)41-25-19(30)14-35-28(24(25)31)42-23-12-15(26(32)33)6-8-20(23)37/h6-9,12-14,17,21,37H,2-5,10-11H2,1H3,(H3,32,33)(H,38,39). The molecule has 1 aliphatic heterocycles. The number of nitrogens with two attached hydrogens (primary N) is 1. The van der Waals surface area contributed by atoms with E-state index in [-0.39, 0.29) is 28.6 Å². The van der Waals surface area contributed by atoms with Gasteiger partial charge in [0.2, 0.25) is 11.6 Å². The van der Waals surface area contributed by atoms with Crippen molar-refractivity contribution >= 4 is 17.6 Å². The Kier molecular flexibility index (Phi) is 8.09. The maximum absolute atomic E-state index is 15.6. The molecule has 0 saturated heterocycles. The van der Waals surface area contributed by atoms with Gasteiger partial charge in [-0.1, -0.05) is 6.42 Å². The summed E-state index contributed by atoms with van der Waals surface area (Å²) in [5.74, 6) is -5.43. The largest absolute Gasteiger partial charge is 0.504 e. The number of benzene rings is 2. The van der Waals surface area contributed by atoms with Gasteiger partial charge in [-0.25, -0.2) is 9.37 Å². The second-order valence-corrected chi connectivity index (χ2v) is 10.0. The van der Waals surface area contributed by atoms with Gasteiger partial charge in [0.25, 0.3) is 5.88 Å². The van der Waals surface area contributed by atoms with E-state index >= 15 is 4.39 Å². The summed E-state index contributed by atoms with van der Waals surface area (Å²) < 4.78 is 47.7. The first-order valence-electron chi connectivity index (χ1n) is 13.3. The van der Waals surface area contributed by atoms with Gasteiger partial charge in [0.1, 0.15) is 29.3 Å². The number of aromatic nitrogens is 1. The number of rotatable bonds is 9. The number of carbonyl (C=O) groups is 1. The van der Waals surface area contributed by atoms with Crippen molar-refractivity contribution in [2.45, 2.75) is 31.8 Å². The Morgan fingerprint density at radius 1 is 1.12 bits per heavy atom. The van der Waals surface area contributed by atoms with Crippen LogP contribution in [0.5, 0.6) is 34.6 Å². The number of nitrogens with one attached hydrogen (secondary N) is 1. The summed E-state index contributed by atoms with van der Waals surface area (Å²) >= 11 is 0. The van der Waals surface area contributed by atoms with Crippen LogP contribution in [0.3, 0.4) is 0 Å². The number of hydrogen-bond donors (Lipinski definition) is 4. The lowest BCUT2D eigenvalue weighted by Crippen LogP contribution is -2.35. The lowest BCUT2D eigenvalue weighted by molar-refractivity contribution is -0.146. The number of likely N-dealkylation sites (N-methyl/N-ethyl adjacent to an activating group) is 1. The molecule has 0 bridgehead atoms. The highest BCUT2D eigenvalue weighted by atomic mass is 19.1. The Bertz CT molecular complexity index is 1570. The number of carboxylic acid groups (broad SMARTS) is 1. The van der Waals surface area contributed by atoms with E-state index in [2.05, 4.69) is 9.98 Å². The molecule has 0 radical (unpaired) electrons. The van der Waals surface area contributed by atoms with Gasteiger partial charge in [-0.2, -0.15) is 4.39 Å². The zero-order chi connectivity index (χ0) is 30.0. The van der Waals surface area contributed by atoms with E-state index in [1.807, 2.05) is 11.9 Å². The average Bonchev–Trinajstić information content (AvgIpc) is 3.39. The average molecular weight is 582 g/mol. The Morgan fingerprint density at radius 3 is 2.62 bits per heavy atom. The van der Waals surface area contributed by atoms with E-state index in [1.165, 1.54) is 24.3 Å². The number of phenols is 1. The Morgan fingerprint density at radius 2 is 1.90 bits per heavy atom. The molecule has 2 aliphatic rings. The molecule has 1 saturated carbocycles. The van der Waals surface area contributed by atoms with Crippen LogP contribution in [0.25, 0.3) is 0 Å². The van der Waals surface area contributed by atoms with E-state index in [9.17, 15) is 19.4 Å². The Labute approximate surface area is 239 Å². The van der Waals surface area contributed by atoms with Crippen LogP contribution in [0.1, 0.15) is 36.8 Å². The van der Waals surface area contributed by atoms with Crippen LogP contribution in [0.15, 0.2) is 47.6 Å². The number of aromatic hydroxyl groups is 1. The van der Waals surface area contributed by atoms with E-state index in [0.29, 0.717) is 49.3 Å². The van der Waals surface area contributed by atoms with Crippen molar-refractivity contribution in [3.8, 4) is 34.6 Å². The number of nitrogen functional groups attached to an aromatic ring is 1. The summed E-state index contributed by atoms with van der Waals surface area (Å²) in [6, 6.07) is 8.44. The molecule has 2 unspecified atom stereocenters. The first kappa shape index (κ1) is 28.6. The number of pyridine rings is 1. The molecule has 220 valence electrons. The maximum atomic E-state index is 15.6. The molecule has 11 nitrogen and oxygen atoms in total. The monoisotopic (exact) mass is 581 g/mol. The highest BCUT2D eigenvalue weighted by Gasteiger charge is 2.33. The molecule has 1 aromatic heterocycles. The molecule has 2 aromatic carbocycles. The first-order chi connectivity index (χ1) is 20.1. The third kappa shape index (κ3) is 5.90. The van der Waals surface area contributed by atoms with Gasteiger partial charge < -0.3 is 35.1 Å². The summed E-state index contributed by atoms with van der Waals surface area (Å²) in [6.07, 6.45) is 2.96. The molecule has 0 amide bonds. The van der Waals surface area contributed by atoms with E-state index in [0.717, 1.165) is 12.8 Å². The normalized spacial score (nSPS) is 18.4. The molecular formula is C29H29F2N5O6. The number of ether oxygens (including phenoxy) is 3. The van der Waals surface area contributed by atoms with Crippen molar-refractivity contribution < 1.29 is 38.0 Å². The van der Waals surface area contributed by atoms with Crippen LogP contribution in [0, 0.1) is 23.0 Å². The van der Waals surface area contributed by atoms with Crippen LogP contribution >= 0.6 is 0 Å². The van der Waals surface area contributed by atoms with Crippen LogP contribution in [-0.2, 0) is 4.79 Å². The summed E-state index contributed by atoms with van der Waals surface area (Å²) in [5.41, 5.74) is 6.08. The smallest absolute Gasteiger partial charge is 0.310 e. The second-order valence-electron chi connectivity index (χ2n) is 10.0. The fourth-order valence-corrected chi connectivity index (χ4v) is 4.94. The van der Waals surface area contributed by atoms with Gasteiger partial charge in [0, 0.05) is 19.2 Å². The minimum absolute atomic E-state index is 0.0599. The van der Waals surface area contributed by atoms with Crippen molar-refractivity contribution in [1.82, 2.24) is 9.88 Å². The predicted molar refractivity (Wildman–Crippen MR) is 148 cm³/mol. The van der Waals surface area contributed by atoms with Gasteiger partial charge in [0.15, 0.2) is 17.3 Å². The van der Waals surface area contributed by atoms with E-state index in [4.69, 9.17) is 25.4 Å². The van der Waals surface area contributed by atoms with Crippen molar-refractivity contribution in [2.75, 3.05) is 20.1 Å². The number of hydrogen-bond acceptors (Lipinski definition) is 9. The van der Waals surface area contributed by atoms with E-state index < -0.39 is 41.3 Å². The number of nitrogens with zero attached hydrogens (tertiary/aromatic N) is 3. The minimum atomic E-state index is -1.28. The van der Waals surface area contributed by atoms with Crippen LogP contribution < -0.4 is 19.9 Å². The number of halogens is 2. The lowest BCUT2D eigenvalue weighted by atomic mass is 9.86. The first-order valence-corrected chi connectivity index (χ1v) is 13.3. The fourth-order valence-electron chi connectivity index (χ4n) is 4.94. The number of carboxylic acids is 1. The lowest BCUT2D eigenvalue weighted by Gasteiger charge is -2.29. The molecule has 1 aliphatic carbocycles. The molecule has 1 fully saturated rings. The van der Waals surface area contributed by atoms with Gasteiger partial charge in [0.05, 0.1) is 24.2 Å². The molecule has 13 heteroatoms. The Balaban J connectivity index is 1.48. The SMILES string of the molecule is CN1CCN=C1c1cc(OC2CCCCC2C(=O)O)ccc1Oc1c(F)cnc(Oc2cc(C(=N)N)ccc2O)c1F. The third-order valence-electron chi connectivity index (χ3n) is 7.15. The molecule has 0 spiro atoms. The van der Waals surface area contributed by atoms with Crippen molar-refractivity contribution in [1.29, 1.82) is 5.41 Å². The topological polar surface area (TPSA) is 164 Å². The highest BCUT2D eigenvalue weighted by molar-refractivity contribution is 6.02. The van der Waals surface area contributed by atoms with Gasteiger partial charge >= 0.3 is 5.97 Å². The van der Waals surface area contributed by atoms with E-state index in [1.54, 1.807) is 12.1 Å². The zero-order valence-corrected chi connectivity index (χ0v) is 22.6. The van der Waals surface area contributed by atoms with Gasteiger partial charge in [-0.3, -0.25) is 15.2 Å². The van der Waals surface area contributed by atoms with Gasteiger partial charge in [-0.05, 0) is 55.7 Å². The third-order valence-corrected chi connectivity index (χ3v) is 7.15. The van der Waals surface area contributed by atoms with Crippen molar-refractivity contribution in [3.63, 3.8) is 0 Å². The van der Waals surface area contributed by atoms with Crippen molar-refractivity contribution in [2.24, 2.45) is 16.6 Å². The maximum Gasteiger partial charge on any atom is 0.310 e. The fraction of sp³-hybridized carbons (Fsp3) is 0.310. The minimum Gasteiger partial charge on any atom is -0.504 e. The molecule has 3 aromatic rings. The van der Waals surface area contributed by atoms with Crippen LogP contribution in [-0.4, -0.2) is 64.0 Å². The molecule has 2 heterocycles.